The Labute approximate surface area is 173 Å². The first kappa shape index (κ1) is 22.6. The van der Waals surface area contributed by atoms with Gasteiger partial charge in [0.05, 0.1) is 0 Å². The molecule has 0 aromatic heterocycles. The number of carboxylic acids is 2. The number of carbonyl (C=O) groups excluding carboxylic acids is 2. The lowest BCUT2D eigenvalue weighted by Gasteiger charge is -2.08. The molecule has 0 aliphatic rings. The molecule has 2 amide bonds. The number of hydrogen-bond donors (Lipinski definition) is 4. The smallest absolute Gasteiger partial charge is 0.303 e. The standard InChI is InChI=1S/C22H24N2O6/c25-19(3-1-5-21(27)28)23-17-11-7-15(8-12-17)16-9-13-18(14-10-16)24-20(26)4-2-6-22(29)30/h7-14H,1-6H2,(H,23,25)(H,24,26)(H,27,28)(H,29,30). The number of benzene rings is 2. The monoisotopic (exact) mass is 412 g/mol. The van der Waals surface area contributed by atoms with Crippen LogP contribution in [0, 0.1) is 0 Å². The van der Waals surface area contributed by atoms with Crippen molar-refractivity contribution in [1.29, 1.82) is 0 Å². The van der Waals surface area contributed by atoms with Crippen LogP contribution in [-0.4, -0.2) is 34.0 Å². The zero-order valence-electron chi connectivity index (χ0n) is 16.4. The maximum Gasteiger partial charge on any atom is 0.303 e. The van der Waals surface area contributed by atoms with Crippen LogP contribution >= 0.6 is 0 Å². The zero-order valence-corrected chi connectivity index (χ0v) is 16.4. The van der Waals surface area contributed by atoms with Crippen molar-refractivity contribution in [1.82, 2.24) is 0 Å². The minimum Gasteiger partial charge on any atom is -0.481 e. The van der Waals surface area contributed by atoms with E-state index in [2.05, 4.69) is 10.6 Å². The fraction of sp³-hybridized carbons (Fsp3) is 0.273. The maximum absolute atomic E-state index is 11.8. The molecule has 2 aromatic carbocycles. The van der Waals surface area contributed by atoms with E-state index in [9.17, 15) is 19.2 Å². The molecule has 8 heteroatoms. The van der Waals surface area contributed by atoms with Crippen LogP contribution in [0.5, 0.6) is 0 Å². The molecular formula is C22H24N2O6. The second kappa shape index (κ2) is 11.4. The van der Waals surface area contributed by atoms with E-state index in [1.54, 1.807) is 24.3 Å². The number of aliphatic carboxylic acids is 2. The van der Waals surface area contributed by atoms with Gasteiger partial charge in [0.25, 0.3) is 0 Å². The topological polar surface area (TPSA) is 133 Å². The number of anilines is 2. The first-order valence-corrected chi connectivity index (χ1v) is 9.57. The fourth-order valence-electron chi connectivity index (χ4n) is 2.74. The van der Waals surface area contributed by atoms with Gasteiger partial charge < -0.3 is 20.8 Å². The highest BCUT2D eigenvalue weighted by Gasteiger charge is 2.07. The molecule has 0 aliphatic carbocycles. The van der Waals surface area contributed by atoms with Crippen LogP contribution in [0.1, 0.15) is 38.5 Å². The van der Waals surface area contributed by atoms with Gasteiger partial charge in [0.2, 0.25) is 11.8 Å². The Kier molecular flexibility index (Phi) is 8.56. The summed E-state index contributed by atoms with van der Waals surface area (Å²) in [6.45, 7) is 0. The minimum atomic E-state index is -0.920. The van der Waals surface area contributed by atoms with Crippen molar-refractivity contribution >= 4 is 35.1 Å². The van der Waals surface area contributed by atoms with E-state index in [-0.39, 0.29) is 37.5 Å². The summed E-state index contributed by atoms with van der Waals surface area (Å²) in [6.07, 6.45) is 0.814. The van der Waals surface area contributed by atoms with E-state index in [1.165, 1.54) is 0 Å². The van der Waals surface area contributed by atoms with Gasteiger partial charge >= 0.3 is 11.9 Å². The molecule has 0 bridgehead atoms. The van der Waals surface area contributed by atoms with Crippen LogP contribution in [0.3, 0.4) is 0 Å². The van der Waals surface area contributed by atoms with Gasteiger partial charge in [0.1, 0.15) is 0 Å². The maximum atomic E-state index is 11.8. The summed E-state index contributed by atoms with van der Waals surface area (Å²) < 4.78 is 0. The molecule has 8 nitrogen and oxygen atoms in total. The number of hydrogen-bond acceptors (Lipinski definition) is 4. The Morgan fingerprint density at radius 2 is 0.900 bits per heavy atom. The third-order valence-electron chi connectivity index (χ3n) is 4.26. The summed E-state index contributed by atoms with van der Waals surface area (Å²) in [5.74, 6) is -2.30. The number of amides is 2. The average Bonchev–Trinajstić information content (AvgIpc) is 2.68. The van der Waals surface area contributed by atoms with Crippen molar-refractivity contribution in [2.45, 2.75) is 38.5 Å². The lowest BCUT2D eigenvalue weighted by molar-refractivity contribution is -0.138. The first-order valence-electron chi connectivity index (χ1n) is 9.57. The number of carboxylic acid groups (broad SMARTS) is 2. The van der Waals surface area contributed by atoms with Gasteiger partial charge in [-0.1, -0.05) is 24.3 Å². The normalized spacial score (nSPS) is 10.3. The predicted molar refractivity (Wildman–Crippen MR) is 112 cm³/mol. The van der Waals surface area contributed by atoms with Gasteiger partial charge in [-0.05, 0) is 48.2 Å². The van der Waals surface area contributed by atoms with Crippen molar-refractivity contribution in [3.63, 3.8) is 0 Å². The minimum absolute atomic E-state index is 0.0366. The molecule has 0 heterocycles. The van der Waals surface area contributed by atoms with Gasteiger partial charge in [0, 0.05) is 37.1 Å². The molecule has 0 aliphatic heterocycles. The molecule has 4 N–H and O–H groups in total. The first-order chi connectivity index (χ1) is 14.3. The van der Waals surface area contributed by atoms with Crippen LogP contribution in [0.2, 0.25) is 0 Å². The molecule has 2 rings (SSSR count). The van der Waals surface area contributed by atoms with E-state index >= 15 is 0 Å². The quantitative estimate of drug-likeness (QED) is 0.444. The van der Waals surface area contributed by atoms with E-state index < -0.39 is 11.9 Å². The van der Waals surface area contributed by atoms with E-state index in [0.717, 1.165) is 11.1 Å². The summed E-state index contributed by atoms with van der Waals surface area (Å²) in [5, 5.41) is 22.7. The second-order valence-electron chi connectivity index (χ2n) is 6.75. The van der Waals surface area contributed by atoms with Gasteiger partial charge in [0.15, 0.2) is 0 Å². The average molecular weight is 412 g/mol. The molecule has 2 aromatic rings. The number of nitrogens with one attached hydrogen (secondary N) is 2. The summed E-state index contributed by atoms with van der Waals surface area (Å²) in [4.78, 5) is 44.6. The van der Waals surface area contributed by atoms with Gasteiger partial charge in [-0.2, -0.15) is 0 Å². The highest BCUT2D eigenvalue weighted by Crippen LogP contribution is 2.23. The zero-order chi connectivity index (χ0) is 21.9. The third kappa shape index (κ3) is 8.14. The molecule has 0 unspecified atom stereocenters. The third-order valence-corrected chi connectivity index (χ3v) is 4.26. The fourth-order valence-corrected chi connectivity index (χ4v) is 2.74. The lowest BCUT2D eigenvalue weighted by atomic mass is 10.0. The molecule has 0 radical (unpaired) electrons. The molecule has 30 heavy (non-hydrogen) atoms. The van der Waals surface area contributed by atoms with Crippen LogP contribution in [0.25, 0.3) is 11.1 Å². The highest BCUT2D eigenvalue weighted by atomic mass is 16.4. The Hall–Kier alpha value is -3.68. The Morgan fingerprint density at radius 3 is 1.20 bits per heavy atom. The number of rotatable bonds is 11. The van der Waals surface area contributed by atoms with Crippen molar-refractivity contribution < 1.29 is 29.4 Å². The van der Waals surface area contributed by atoms with Crippen molar-refractivity contribution in [2.75, 3.05) is 10.6 Å². The van der Waals surface area contributed by atoms with Crippen LogP contribution in [0.15, 0.2) is 48.5 Å². The Bertz CT molecular complexity index is 815. The summed E-state index contributed by atoms with van der Waals surface area (Å²) in [6, 6.07) is 14.5. The van der Waals surface area contributed by atoms with Gasteiger partial charge in [-0.25, -0.2) is 0 Å². The van der Waals surface area contributed by atoms with E-state index in [0.29, 0.717) is 24.2 Å². The lowest BCUT2D eigenvalue weighted by Crippen LogP contribution is -2.12. The summed E-state index contributed by atoms with van der Waals surface area (Å²) in [7, 11) is 0. The summed E-state index contributed by atoms with van der Waals surface area (Å²) >= 11 is 0. The molecule has 0 atom stereocenters. The van der Waals surface area contributed by atoms with Crippen molar-refractivity contribution in [3.8, 4) is 11.1 Å². The van der Waals surface area contributed by atoms with Crippen molar-refractivity contribution in [3.05, 3.63) is 48.5 Å². The molecule has 0 fully saturated rings. The van der Waals surface area contributed by atoms with Crippen LogP contribution < -0.4 is 10.6 Å². The van der Waals surface area contributed by atoms with Gasteiger partial charge in [-0.3, -0.25) is 19.2 Å². The molecule has 158 valence electrons. The molecule has 0 saturated heterocycles. The van der Waals surface area contributed by atoms with Gasteiger partial charge in [-0.15, -0.1) is 0 Å². The highest BCUT2D eigenvalue weighted by molar-refractivity contribution is 5.92. The van der Waals surface area contributed by atoms with Crippen LogP contribution in [0.4, 0.5) is 11.4 Å². The summed E-state index contributed by atoms with van der Waals surface area (Å²) in [5.41, 5.74) is 3.12. The number of carbonyl (C=O) groups is 4. The predicted octanol–water partition coefficient (Wildman–Crippen LogP) is 3.74. The van der Waals surface area contributed by atoms with Crippen molar-refractivity contribution in [2.24, 2.45) is 0 Å². The van der Waals surface area contributed by atoms with E-state index in [4.69, 9.17) is 10.2 Å². The Balaban J connectivity index is 1.86. The van der Waals surface area contributed by atoms with E-state index in [1.807, 2.05) is 24.3 Å². The molecule has 0 spiro atoms. The molecule has 0 saturated carbocycles. The largest absolute Gasteiger partial charge is 0.481 e. The van der Waals surface area contributed by atoms with Crippen LogP contribution in [-0.2, 0) is 19.2 Å². The SMILES string of the molecule is O=C(O)CCCC(=O)Nc1ccc(-c2ccc(NC(=O)CCCC(=O)O)cc2)cc1. The molecular weight excluding hydrogens is 388 g/mol. The Morgan fingerprint density at radius 1 is 0.567 bits per heavy atom. The second-order valence-corrected chi connectivity index (χ2v) is 6.75.